The molecule has 0 radical (unpaired) electrons. The molecule has 2 atom stereocenters. The number of hydrogen-bond acceptors (Lipinski definition) is 2. The van der Waals surface area contributed by atoms with Gasteiger partial charge in [0.1, 0.15) is 0 Å². The molecule has 1 aliphatic rings. The Balaban J connectivity index is 2.15. The van der Waals surface area contributed by atoms with Gasteiger partial charge in [-0.3, -0.25) is 0 Å². The molecule has 2 nitrogen and oxygen atoms in total. The SMILES string of the molecule is CCNC(c1cccc(Cl)c1)C1CCCCO1. The first-order valence-corrected chi connectivity index (χ1v) is 6.79. The molecule has 94 valence electrons. The molecule has 1 heterocycles. The van der Waals surface area contributed by atoms with Crippen molar-refractivity contribution in [3.05, 3.63) is 34.9 Å². The minimum Gasteiger partial charge on any atom is -0.376 e. The fourth-order valence-corrected chi connectivity index (χ4v) is 2.61. The Kier molecular flexibility index (Phi) is 4.84. The van der Waals surface area contributed by atoms with Crippen LogP contribution in [0.15, 0.2) is 24.3 Å². The van der Waals surface area contributed by atoms with Gasteiger partial charge in [0.05, 0.1) is 12.1 Å². The zero-order valence-electron chi connectivity index (χ0n) is 10.3. The van der Waals surface area contributed by atoms with E-state index in [1.54, 1.807) is 0 Å². The van der Waals surface area contributed by atoms with Gasteiger partial charge in [-0.15, -0.1) is 0 Å². The third kappa shape index (κ3) is 3.44. The molecule has 0 bridgehead atoms. The normalized spacial score (nSPS) is 22.4. The molecule has 0 aliphatic carbocycles. The summed E-state index contributed by atoms with van der Waals surface area (Å²) in [5, 5.41) is 4.30. The maximum atomic E-state index is 6.06. The van der Waals surface area contributed by atoms with Crippen molar-refractivity contribution in [3.63, 3.8) is 0 Å². The molecule has 0 amide bonds. The van der Waals surface area contributed by atoms with Gasteiger partial charge in [-0.25, -0.2) is 0 Å². The van der Waals surface area contributed by atoms with Crippen molar-refractivity contribution in [3.8, 4) is 0 Å². The van der Waals surface area contributed by atoms with Gasteiger partial charge >= 0.3 is 0 Å². The lowest BCUT2D eigenvalue weighted by Crippen LogP contribution is -2.35. The summed E-state index contributed by atoms with van der Waals surface area (Å²) in [4.78, 5) is 0. The van der Waals surface area contributed by atoms with Gasteiger partial charge in [0.25, 0.3) is 0 Å². The number of hydrogen-bond donors (Lipinski definition) is 1. The van der Waals surface area contributed by atoms with Crippen molar-refractivity contribution >= 4 is 11.6 Å². The second-order valence-corrected chi connectivity index (χ2v) is 4.93. The zero-order valence-corrected chi connectivity index (χ0v) is 11.0. The van der Waals surface area contributed by atoms with Crippen LogP contribution in [0.4, 0.5) is 0 Å². The van der Waals surface area contributed by atoms with Crippen LogP contribution in [-0.4, -0.2) is 19.3 Å². The van der Waals surface area contributed by atoms with Crippen LogP contribution in [0.2, 0.25) is 5.02 Å². The summed E-state index contributed by atoms with van der Waals surface area (Å²) in [6, 6.07) is 8.34. The number of ether oxygens (including phenoxy) is 1. The fraction of sp³-hybridized carbons (Fsp3) is 0.571. The van der Waals surface area contributed by atoms with E-state index in [9.17, 15) is 0 Å². The predicted molar refractivity (Wildman–Crippen MR) is 71.5 cm³/mol. The van der Waals surface area contributed by atoms with Gasteiger partial charge in [-0.1, -0.05) is 30.7 Å². The minimum absolute atomic E-state index is 0.263. The Morgan fingerprint density at radius 2 is 2.35 bits per heavy atom. The predicted octanol–water partition coefficient (Wildman–Crippen LogP) is 3.56. The Morgan fingerprint density at radius 1 is 1.47 bits per heavy atom. The summed E-state index contributed by atoms with van der Waals surface area (Å²) >= 11 is 6.06. The summed E-state index contributed by atoms with van der Waals surface area (Å²) in [7, 11) is 0. The van der Waals surface area contributed by atoms with E-state index in [2.05, 4.69) is 18.3 Å². The van der Waals surface area contributed by atoms with Gasteiger partial charge in [0, 0.05) is 11.6 Å². The quantitative estimate of drug-likeness (QED) is 0.886. The molecule has 1 N–H and O–H groups in total. The highest BCUT2D eigenvalue weighted by Gasteiger charge is 2.25. The average Bonchev–Trinajstić information content (AvgIpc) is 2.37. The molecule has 0 spiro atoms. The minimum atomic E-state index is 0.263. The first-order chi connectivity index (χ1) is 8.31. The highest BCUT2D eigenvalue weighted by molar-refractivity contribution is 6.30. The second-order valence-electron chi connectivity index (χ2n) is 4.50. The molecule has 0 saturated carbocycles. The molecule has 1 aliphatic heterocycles. The molecule has 1 aromatic carbocycles. The number of halogens is 1. The van der Waals surface area contributed by atoms with E-state index in [0.717, 1.165) is 24.6 Å². The first kappa shape index (κ1) is 12.9. The zero-order chi connectivity index (χ0) is 12.1. The third-order valence-electron chi connectivity index (χ3n) is 3.22. The van der Waals surface area contributed by atoms with E-state index < -0.39 is 0 Å². The maximum absolute atomic E-state index is 6.06. The molecule has 1 saturated heterocycles. The second kappa shape index (κ2) is 6.39. The summed E-state index contributed by atoms with van der Waals surface area (Å²) in [5.74, 6) is 0. The van der Waals surface area contributed by atoms with Crippen molar-refractivity contribution in [2.75, 3.05) is 13.2 Å². The van der Waals surface area contributed by atoms with Crippen molar-refractivity contribution < 1.29 is 4.74 Å². The fourth-order valence-electron chi connectivity index (χ4n) is 2.41. The Morgan fingerprint density at radius 3 is 3.00 bits per heavy atom. The van der Waals surface area contributed by atoms with Gasteiger partial charge in [0.15, 0.2) is 0 Å². The Hall–Kier alpha value is -0.570. The van der Waals surface area contributed by atoms with Crippen molar-refractivity contribution in [2.24, 2.45) is 0 Å². The van der Waals surface area contributed by atoms with Gasteiger partial charge in [-0.2, -0.15) is 0 Å². The van der Waals surface area contributed by atoms with Crippen LogP contribution in [0.5, 0.6) is 0 Å². The number of rotatable bonds is 4. The lowest BCUT2D eigenvalue weighted by atomic mass is 9.95. The molecule has 17 heavy (non-hydrogen) atoms. The van der Waals surface area contributed by atoms with Gasteiger partial charge in [-0.05, 0) is 43.5 Å². The van der Waals surface area contributed by atoms with E-state index >= 15 is 0 Å². The highest BCUT2D eigenvalue weighted by Crippen LogP contribution is 2.27. The van der Waals surface area contributed by atoms with E-state index in [4.69, 9.17) is 16.3 Å². The lowest BCUT2D eigenvalue weighted by Gasteiger charge is -2.31. The van der Waals surface area contributed by atoms with Crippen molar-refractivity contribution in [1.29, 1.82) is 0 Å². The van der Waals surface area contributed by atoms with Crippen LogP contribution in [0.3, 0.4) is 0 Å². The third-order valence-corrected chi connectivity index (χ3v) is 3.45. The summed E-state index contributed by atoms with van der Waals surface area (Å²) in [6.45, 7) is 3.95. The smallest absolute Gasteiger partial charge is 0.0769 e. The summed E-state index contributed by atoms with van der Waals surface area (Å²) in [5.41, 5.74) is 1.23. The summed E-state index contributed by atoms with van der Waals surface area (Å²) in [6.07, 6.45) is 3.85. The van der Waals surface area contributed by atoms with E-state index in [1.807, 2.05) is 18.2 Å². The van der Waals surface area contributed by atoms with Crippen LogP contribution in [-0.2, 0) is 4.74 Å². The van der Waals surface area contributed by atoms with Gasteiger partial charge in [0.2, 0.25) is 0 Å². The first-order valence-electron chi connectivity index (χ1n) is 6.41. The molecular weight excluding hydrogens is 234 g/mol. The van der Waals surface area contributed by atoms with E-state index in [0.29, 0.717) is 0 Å². The van der Waals surface area contributed by atoms with Crippen LogP contribution in [0, 0.1) is 0 Å². The van der Waals surface area contributed by atoms with Crippen molar-refractivity contribution in [2.45, 2.75) is 38.3 Å². The van der Waals surface area contributed by atoms with Crippen LogP contribution in [0.1, 0.15) is 37.8 Å². The molecule has 1 aromatic rings. The molecule has 0 aromatic heterocycles. The number of likely N-dealkylation sites (N-methyl/N-ethyl adjacent to an activating group) is 1. The molecule has 2 unspecified atom stereocenters. The standard InChI is InChI=1S/C14H20ClNO/c1-2-16-14(13-8-3-4-9-17-13)11-6-5-7-12(15)10-11/h5-7,10,13-14,16H,2-4,8-9H2,1H3. The lowest BCUT2D eigenvalue weighted by molar-refractivity contribution is -0.00786. The topological polar surface area (TPSA) is 21.3 Å². The number of nitrogens with one attached hydrogen (secondary N) is 1. The van der Waals surface area contributed by atoms with E-state index in [1.165, 1.54) is 18.4 Å². The average molecular weight is 254 g/mol. The molecular formula is C14H20ClNO. The van der Waals surface area contributed by atoms with Crippen LogP contribution < -0.4 is 5.32 Å². The maximum Gasteiger partial charge on any atom is 0.0769 e. The largest absolute Gasteiger partial charge is 0.376 e. The van der Waals surface area contributed by atoms with Crippen LogP contribution >= 0.6 is 11.6 Å². The number of benzene rings is 1. The van der Waals surface area contributed by atoms with Crippen LogP contribution in [0.25, 0.3) is 0 Å². The Bertz CT molecular complexity index is 350. The Labute approximate surface area is 108 Å². The van der Waals surface area contributed by atoms with Crippen molar-refractivity contribution in [1.82, 2.24) is 5.32 Å². The molecule has 1 fully saturated rings. The van der Waals surface area contributed by atoms with E-state index in [-0.39, 0.29) is 12.1 Å². The summed E-state index contributed by atoms with van der Waals surface area (Å²) < 4.78 is 5.88. The molecule has 3 heteroatoms. The molecule has 2 rings (SSSR count). The highest BCUT2D eigenvalue weighted by atomic mass is 35.5. The van der Waals surface area contributed by atoms with Gasteiger partial charge < -0.3 is 10.1 Å². The monoisotopic (exact) mass is 253 g/mol.